The third-order valence-corrected chi connectivity index (χ3v) is 6.47. The van der Waals surface area contributed by atoms with Crippen molar-refractivity contribution in [3.8, 4) is 0 Å². The van der Waals surface area contributed by atoms with Gasteiger partial charge in [-0.05, 0) is 57.6 Å². The highest BCUT2D eigenvalue weighted by Gasteiger charge is 2.34. The molecule has 0 spiro atoms. The van der Waals surface area contributed by atoms with Crippen LogP contribution in [0.2, 0.25) is 0 Å². The van der Waals surface area contributed by atoms with E-state index in [-0.39, 0.29) is 17.9 Å². The van der Waals surface area contributed by atoms with Crippen molar-refractivity contribution in [1.82, 2.24) is 20.4 Å². The number of amides is 2. The van der Waals surface area contributed by atoms with Gasteiger partial charge in [-0.1, -0.05) is 0 Å². The Bertz CT molecular complexity index is 825. The number of rotatable bonds is 4. The largest absolute Gasteiger partial charge is 0.352 e. The second-order valence-electron chi connectivity index (χ2n) is 6.95. The molecule has 1 saturated heterocycles. The van der Waals surface area contributed by atoms with Crippen molar-refractivity contribution in [3.05, 3.63) is 38.8 Å². The van der Waals surface area contributed by atoms with Gasteiger partial charge in [-0.15, -0.1) is 11.3 Å². The molecule has 1 unspecified atom stereocenters. The molecule has 4 rings (SSSR count). The predicted molar refractivity (Wildman–Crippen MR) is 101 cm³/mol. The fourth-order valence-corrected chi connectivity index (χ4v) is 5.07. The van der Waals surface area contributed by atoms with Crippen LogP contribution in [0.25, 0.3) is 0 Å². The smallest absolute Gasteiger partial charge is 0.275 e. The highest BCUT2D eigenvalue weighted by Crippen LogP contribution is 2.37. The van der Waals surface area contributed by atoms with Crippen LogP contribution < -0.4 is 5.32 Å². The Morgan fingerprint density at radius 1 is 1.31 bits per heavy atom. The first kappa shape index (κ1) is 17.3. The Morgan fingerprint density at radius 3 is 3.00 bits per heavy atom. The van der Waals surface area contributed by atoms with Crippen molar-refractivity contribution >= 4 is 23.2 Å². The second-order valence-corrected chi connectivity index (χ2v) is 8.07. The molecule has 2 N–H and O–H groups in total. The number of hydrogen-bond donors (Lipinski definition) is 2. The van der Waals surface area contributed by atoms with Crippen molar-refractivity contribution in [2.45, 2.75) is 51.5 Å². The van der Waals surface area contributed by atoms with Crippen LogP contribution in [0.1, 0.15) is 74.9 Å². The summed E-state index contributed by atoms with van der Waals surface area (Å²) >= 11 is 1.49. The first-order valence-electron chi connectivity index (χ1n) is 9.44. The number of aromatic nitrogens is 2. The summed E-state index contributed by atoms with van der Waals surface area (Å²) in [7, 11) is 0. The van der Waals surface area contributed by atoms with Gasteiger partial charge in [0.2, 0.25) is 0 Å². The number of nitrogens with one attached hydrogen (secondary N) is 2. The summed E-state index contributed by atoms with van der Waals surface area (Å²) in [4.78, 5) is 29.0. The maximum Gasteiger partial charge on any atom is 0.275 e. The lowest BCUT2D eigenvalue weighted by Crippen LogP contribution is -2.31. The van der Waals surface area contributed by atoms with Gasteiger partial charge in [0.1, 0.15) is 0 Å². The Hall–Kier alpha value is -2.15. The van der Waals surface area contributed by atoms with E-state index < -0.39 is 0 Å². The second kappa shape index (κ2) is 7.23. The van der Waals surface area contributed by atoms with Gasteiger partial charge < -0.3 is 10.2 Å². The van der Waals surface area contributed by atoms with Crippen LogP contribution in [-0.2, 0) is 12.8 Å². The van der Waals surface area contributed by atoms with Crippen molar-refractivity contribution in [2.24, 2.45) is 0 Å². The standard InChI is InChI=1S/C19H24N4O2S/c1-2-20-18(24)16-10-9-15(26-16)14-8-5-11-23(14)19(25)17-12-6-3-4-7-13(12)21-22-17/h9-10,14H,2-8,11H2,1H3,(H,20,24)(H,21,22). The minimum absolute atomic E-state index is 0.0276. The number of likely N-dealkylation sites (tertiary alicyclic amines) is 1. The molecule has 1 atom stereocenters. The first-order valence-corrected chi connectivity index (χ1v) is 10.3. The number of carbonyl (C=O) groups excluding carboxylic acids is 2. The number of hydrogen-bond acceptors (Lipinski definition) is 4. The average Bonchev–Trinajstić information content (AvgIpc) is 3.38. The van der Waals surface area contributed by atoms with Crippen molar-refractivity contribution in [1.29, 1.82) is 0 Å². The fraction of sp³-hybridized carbons (Fsp3) is 0.526. The zero-order chi connectivity index (χ0) is 18.1. The maximum atomic E-state index is 13.2. The van der Waals surface area contributed by atoms with E-state index in [1.54, 1.807) is 0 Å². The Kier molecular flexibility index (Phi) is 4.80. The molecular weight excluding hydrogens is 348 g/mol. The quantitative estimate of drug-likeness (QED) is 0.866. The van der Waals surface area contributed by atoms with E-state index >= 15 is 0 Å². The lowest BCUT2D eigenvalue weighted by Gasteiger charge is -2.24. The molecule has 2 aromatic heterocycles. The highest BCUT2D eigenvalue weighted by molar-refractivity contribution is 7.14. The van der Waals surface area contributed by atoms with Crippen LogP contribution in [0.15, 0.2) is 12.1 Å². The normalized spacial score (nSPS) is 19.4. The molecule has 0 saturated carbocycles. The van der Waals surface area contributed by atoms with Gasteiger partial charge in [0.25, 0.3) is 11.8 Å². The van der Waals surface area contributed by atoms with Gasteiger partial charge in [0, 0.05) is 29.2 Å². The summed E-state index contributed by atoms with van der Waals surface area (Å²) in [5, 5.41) is 10.3. The molecule has 1 fully saturated rings. The summed E-state index contributed by atoms with van der Waals surface area (Å²) in [5.41, 5.74) is 2.85. The molecule has 0 bridgehead atoms. The van der Waals surface area contributed by atoms with Crippen molar-refractivity contribution < 1.29 is 9.59 Å². The van der Waals surface area contributed by atoms with Gasteiger partial charge >= 0.3 is 0 Å². The molecule has 1 aliphatic carbocycles. The number of thiophene rings is 1. The van der Waals surface area contributed by atoms with Crippen LogP contribution in [-0.4, -0.2) is 40.0 Å². The summed E-state index contributed by atoms with van der Waals surface area (Å²) in [6.07, 6.45) is 6.13. The van der Waals surface area contributed by atoms with Crippen molar-refractivity contribution in [2.75, 3.05) is 13.1 Å². The summed E-state index contributed by atoms with van der Waals surface area (Å²) in [6, 6.07) is 3.90. The maximum absolute atomic E-state index is 13.2. The van der Waals surface area contributed by atoms with Crippen LogP contribution in [0, 0.1) is 0 Å². The molecule has 0 aromatic carbocycles. The summed E-state index contributed by atoms with van der Waals surface area (Å²) in [6.45, 7) is 3.28. The number of fused-ring (bicyclic) bond motifs is 1. The zero-order valence-corrected chi connectivity index (χ0v) is 15.8. The topological polar surface area (TPSA) is 78.1 Å². The van der Waals surface area contributed by atoms with E-state index in [0.717, 1.165) is 61.2 Å². The van der Waals surface area contributed by atoms with E-state index in [1.807, 2.05) is 24.0 Å². The third kappa shape index (κ3) is 3.05. The van der Waals surface area contributed by atoms with Gasteiger partial charge in [-0.25, -0.2) is 0 Å². The van der Waals surface area contributed by atoms with E-state index in [9.17, 15) is 9.59 Å². The molecular formula is C19H24N4O2S. The SMILES string of the molecule is CCNC(=O)c1ccc(C2CCCN2C(=O)c2n[nH]c3c2CCCC3)s1. The summed E-state index contributed by atoms with van der Waals surface area (Å²) < 4.78 is 0. The first-order chi connectivity index (χ1) is 12.7. The zero-order valence-electron chi connectivity index (χ0n) is 15.0. The number of aryl methyl sites for hydroxylation is 1. The minimum Gasteiger partial charge on any atom is -0.352 e. The molecule has 1 aliphatic heterocycles. The Labute approximate surface area is 157 Å². The fourth-order valence-electron chi connectivity index (χ4n) is 4.00. The minimum atomic E-state index is -0.0407. The predicted octanol–water partition coefficient (Wildman–Crippen LogP) is 3.08. The third-order valence-electron chi connectivity index (χ3n) is 5.29. The number of nitrogens with zero attached hydrogens (tertiary/aromatic N) is 2. The Balaban J connectivity index is 1.56. The molecule has 7 heteroatoms. The van der Waals surface area contributed by atoms with Crippen LogP contribution >= 0.6 is 11.3 Å². The molecule has 0 radical (unpaired) electrons. The van der Waals surface area contributed by atoms with Crippen LogP contribution in [0.3, 0.4) is 0 Å². The number of H-pyrrole nitrogens is 1. The molecule has 138 valence electrons. The Morgan fingerprint density at radius 2 is 2.15 bits per heavy atom. The lowest BCUT2D eigenvalue weighted by atomic mass is 9.95. The van der Waals surface area contributed by atoms with Gasteiger partial charge in [-0.3, -0.25) is 14.7 Å². The molecule has 2 amide bonds. The molecule has 3 heterocycles. The lowest BCUT2D eigenvalue weighted by molar-refractivity contribution is 0.0730. The van der Waals surface area contributed by atoms with E-state index in [0.29, 0.717) is 17.1 Å². The van der Waals surface area contributed by atoms with Crippen molar-refractivity contribution in [3.63, 3.8) is 0 Å². The van der Waals surface area contributed by atoms with Crippen LogP contribution in [0.4, 0.5) is 0 Å². The van der Waals surface area contributed by atoms with Crippen LogP contribution in [0.5, 0.6) is 0 Å². The highest BCUT2D eigenvalue weighted by atomic mass is 32.1. The van der Waals surface area contributed by atoms with E-state index in [2.05, 4.69) is 15.5 Å². The monoisotopic (exact) mass is 372 g/mol. The van der Waals surface area contributed by atoms with Gasteiger partial charge in [0.05, 0.1) is 10.9 Å². The molecule has 2 aliphatic rings. The average molecular weight is 372 g/mol. The number of aromatic amines is 1. The van der Waals surface area contributed by atoms with E-state index in [4.69, 9.17) is 0 Å². The van der Waals surface area contributed by atoms with E-state index in [1.165, 1.54) is 11.3 Å². The van der Waals surface area contributed by atoms with Gasteiger partial charge in [0.15, 0.2) is 5.69 Å². The summed E-state index contributed by atoms with van der Waals surface area (Å²) in [5.74, 6) is -0.0131. The number of carbonyl (C=O) groups is 2. The van der Waals surface area contributed by atoms with Gasteiger partial charge in [-0.2, -0.15) is 5.10 Å². The molecule has 6 nitrogen and oxygen atoms in total. The molecule has 26 heavy (non-hydrogen) atoms. The molecule has 2 aromatic rings.